The zero-order valence-corrected chi connectivity index (χ0v) is 28.8. The molecular weight excluding hydrogens is 713 g/mol. The molecule has 1 amide bonds. The van der Waals surface area contributed by atoms with Crippen molar-refractivity contribution >= 4 is 55.1 Å². The number of benzene rings is 2. The Morgan fingerprint density at radius 2 is 1.63 bits per heavy atom. The lowest BCUT2D eigenvalue weighted by atomic mass is 10.1. The number of aromatic nitrogens is 3. The van der Waals surface area contributed by atoms with Gasteiger partial charge in [0.05, 0.1) is 4.90 Å². The molecule has 14 nitrogen and oxygen atoms in total. The van der Waals surface area contributed by atoms with Gasteiger partial charge in [-0.15, -0.1) is 0 Å². The maximum atomic E-state index is 12.9. The summed E-state index contributed by atoms with van der Waals surface area (Å²) in [6.07, 6.45) is -3.08. The van der Waals surface area contributed by atoms with Crippen LogP contribution >= 0.6 is 11.6 Å². The molecule has 1 saturated heterocycles. The highest BCUT2D eigenvalue weighted by Gasteiger charge is 2.55. The molecule has 2 heterocycles. The van der Waals surface area contributed by atoms with E-state index in [-0.39, 0.29) is 42.0 Å². The van der Waals surface area contributed by atoms with Gasteiger partial charge in [0, 0.05) is 41.9 Å². The summed E-state index contributed by atoms with van der Waals surface area (Å²) in [7, 11) is -4.24. The zero-order valence-electron chi connectivity index (χ0n) is 26.4. The highest BCUT2D eigenvalue weighted by Crippen LogP contribution is 2.43. The number of hydrogen-bond acceptors (Lipinski definition) is 12. The first-order valence-electron chi connectivity index (χ1n) is 15.0. The topological polar surface area (TPSA) is 176 Å². The Hall–Kier alpha value is -3.78. The van der Waals surface area contributed by atoms with Crippen molar-refractivity contribution in [2.24, 2.45) is 0 Å². The third-order valence-corrected chi connectivity index (χ3v) is 11.7. The molecule has 0 unspecified atom stereocenters. The number of piperidine rings is 1. The maximum absolute atomic E-state index is 12.9. The lowest BCUT2D eigenvalue weighted by molar-refractivity contribution is -0.154. The van der Waals surface area contributed by atoms with Crippen molar-refractivity contribution in [1.29, 1.82) is 0 Å². The second-order valence-electron chi connectivity index (χ2n) is 12.0. The number of anilines is 3. The number of ether oxygens (including phenoxy) is 1. The second kappa shape index (κ2) is 14.2. The standard InChI is InChI=1S/C29H34ClF3N8O6S2/c1-40(2)17-28(13-14-28)49(45,46)39-24(42)19-3-7-21(8-4-19)34-25-35-26(37-27(36-25)47-18-29(31,32)33)41-15-11-22(12-16-41)38-48(43,44)23-9-5-20(30)6-10-23/h3-10,22,38H,11-18H2,1-2H3,(H,39,42)(H,34,35,36,37). The Kier molecular flexibility index (Phi) is 10.6. The van der Waals surface area contributed by atoms with Gasteiger partial charge >= 0.3 is 12.2 Å². The van der Waals surface area contributed by atoms with Crippen LogP contribution in [0.4, 0.5) is 30.8 Å². The van der Waals surface area contributed by atoms with Gasteiger partial charge in [0.15, 0.2) is 6.61 Å². The largest absolute Gasteiger partial charge is 0.454 e. The Bertz CT molecular complexity index is 1870. The first kappa shape index (κ1) is 36.5. The molecule has 0 spiro atoms. The lowest BCUT2D eigenvalue weighted by Crippen LogP contribution is -2.45. The van der Waals surface area contributed by atoms with E-state index in [1.807, 2.05) is 0 Å². The third kappa shape index (κ3) is 9.47. The molecule has 1 aliphatic heterocycles. The normalized spacial score (nSPS) is 16.8. The fourth-order valence-corrected chi connectivity index (χ4v) is 8.28. The molecular formula is C29H34ClF3N8O6S2. The van der Waals surface area contributed by atoms with Gasteiger partial charge in [0.25, 0.3) is 5.91 Å². The fourth-order valence-electron chi connectivity index (χ4n) is 5.20. The van der Waals surface area contributed by atoms with E-state index in [0.717, 1.165) is 0 Å². The highest BCUT2D eigenvalue weighted by atomic mass is 35.5. The number of halogens is 4. The van der Waals surface area contributed by atoms with Gasteiger partial charge in [-0.25, -0.2) is 26.3 Å². The van der Waals surface area contributed by atoms with E-state index in [4.69, 9.17) is 16.3 Å². The molecule has 5 rings (SSSR count). The van der Waals surface area contributed by atoms with Crippen LogP contribution in [-0.2, 0) is 20.0 Å². The van der Waals surface area contributed by atoms with E-state index in [1.54, 1.807) is 23.9 Å². The maximum Gasteiger partial charge on any atom is 0.422 e. The summed E-state index contributed by atoms with van der Waals surface area (Å²) in [6.45, 7) is -0.841. The third-order valence-electron chi connectivity index (χ3n) is 7.80. The molecule has 0 bridgehead atoms. The Morgan fingerprint density at radius 1 is 1.00 bits per heavy atom. The van der Waals surface area contributed by atoms with Crippen molar-refractivity contribution in [3.05, 3.63) is 59.1 Å². The fraction of sp³-hybridized carbons (Fsp3) is 0.448. The monoisotopic (exact) mass is 746 g/mol. The van der Waals surface area contributed by atoms with Crippen molar-refractivity contribution in [2.45, 2.75) is 47.5 Å². The van der Waals surface area contributed by atoms with Gasteiger partial charge < -0.3 is 19.9 Å². The van der Waals surface area contributed by atoms with Crippen LogP contribution in [0.3, 0.4) is 0 Å². The van der Waals surface area contributed by atoms with Crippen LogP contribution in [0.5, 0.6) is 6.01 Å². The first-order chi connectivity index (χ1) is 22.9. The van der Waals surface area contributed by atoms with E-state index in [9.17, 15) is 34.8 Å². The van der Waals surface area contributed by atoms with E-state index in [1.165, 1.54) is 48.5 Å². The molecule has 2 aromatic carbocycles. The predicted octanol–water partition coefficient (Wildman–Crippen LogP) is 3.31. The molecule has 0 atom stereocenters. The molecule has 1 aromatic heterocycles. The molecule has 3 N–H and O–H groups in total. The summed E-state index contributed by atoms with van der Waals surface area (Å²) < 4.78 is 98.8. The van der Waals surface area contributed by atoms with E-state index in [0.29, 0.717) is 36.4 Å². The van der Waals surface area contributed by atoms with Gasteiger partial charge in [-0.05, 0) is 88.3 Å². The van der Waals surface area contributed by atoms with Crippen molar-refractivity contribution in [1.82, 2.24) is 29.3 Å². The Morgan fingerprint density at radius 3 is 2.20 bits per heavy atom. The number of sulfonamides is 2. The summed E-state index contributed by atoms with van der Waals surface area (Å²) in [6, 6.07) is 10.4. The summed E-state index contributed by atoms with van der Waals surface area (Å²) in [5.74, 6) is -0.964. The van der Waals surface area contributed by atoms with Crippen molar-refractivity contribution < 1.29 is 39.5 Å². The van der Waals surface area contributed by atoms with Crippen LogP contribution in [-0.4, -0.2) is 99.9 Å². The minimum absolute atomic E-state index is 0.00150. The SMILES string of the molecule is CN(C)CC1(S(=O)(=O)NC(=O)c2ccc(Nc3nc(OCC(F)(F)F)nc(N4CCC(NS(=O)(=O)c5ccc(Cl)cc5)CC4)n3)cc2)CC1. The highest BCUT2D eigenvalue weighted by molar-refractivity contribution is 7.91. The van der Waals surface area contributed by atoms with Crippen molar-refractivity contribution in [3.63, 3.8) is 0 Å². The smallest absolute Gasteiger partial charge is 0.422 e. The number of amides is 1. The molecule has 3 aromatic rings. The molecule has 0 radical (unpaired) electrons. The average molecular weight is 747 g/mol. The van der Waals surface area contributed by atoms with Crippen LogP contribution in [0.25, 0.3) is 0 Å². The van der Waals surface area contributed by atoms with Crippen LogP contribution in [0.2, 0.25) is 5.02 Å². The number of hydrogen-bond donors (Lipinski definition) is 3. The zero-order chi connectivity index (χ0) is 35.6. The van der Waals surface area contributed by atoms with Crippen LogP contribution in [0, 0.1) is 0 Å². The Balaban J connectivity index is 1.26. The van der Waals surface area contributed by atoms with Crippen LogP contribution in [0.15, 0.2) is 53.4 Å². The molecule has 2 fully saturated rings. The first-order valence-corrected chi connectivity index (χ1v) is 18.4. The summed E-state index contributed by atoms with van der Waals surface area (Å²) in [5, 5.41) is 3.24. The van der Waals surface area contributed by atoms with E-state index in [2.05, 4.69) is 29.7 Å². The quantitative estimate of drug-likeness (QED) is 0.233. The second-order valence-corrected chi connectivity index (χ2v) is 16.3. The molecule has 1 saturated carbocycles. The lowest BCUT2D eigenvalue weighted by Gasteiger charge is -2.32. The number of alkyl halides is 3. The van der Waals surface area contributed by atoms with Gasteiger partial charge in [-0.2, -0.15) is 28.1 Å². The van der Waals surface area contributed by atoms with Crippen molar-refractivity contribution in [3.8, 4) is 6.01 Å². The summed E-state index contributed by atoms with van der Waals surface area (Å²) >= 11 is 5.86. The molecule has 266 valence electrons. The predicted molar refractivity (Wildman–Crippen MR) is 175 cm³/mol. The molecule has 20 heteroatoms. The number of carbonyl (C=O) groups excluding carboxylic acids is 1. The van der Waals surface area contributed by atoms with Crippen molar-refractivity contribution in [2.75, 3.05) is 50.6 Å². The van der Waals surface area contributed by atoms with E-state index >= 15 is 0 Å². The molecule has 49 heavy (non-hydrogen) atoms. The number of nitrogens with one attached hydrogen (secondary N) is 3. The van der Waals surface area contributed by atoms with Gasteiger partial charge in [-0.3, -0.25) is 4.79 Å². The molecule has 1 aliphatic carbocycles. The van der Waals surface area contributed by atoms with Crippen LogP contribution < -0.4 is 24.4 Å². The minimum Gasteiger partial charge on any atom is -0.454 e. The van der Waals surface area contributed by atoms with Gasteiger partial charge in [0.1, 0.15) is 4.75 Å². The average Bonchev–Trinajstić information content (AvgIpc) is 3.81. The minimum atomic E-state index is -4.66. The van der Waals surface area contributed by atoms with E-state index < -0.39 is 55.5 Å². The molecule has 2 aliphatic rings. The Labute approximate surface area is 286 Å². The summed E-state index contributed by atoms with van der Waals surface area (Å²) in [4.78, 5) is 28.6. The number of carbonyl (C=O) groups is 1. The number of rotatable bonds is 13. The van der Waals surface area contributed by atoms with Gasteiger partial charge in [-0.1, -0.05) is 11.6 Å². The van der Waals surface area contributed by atoms with Crippen LogP contribution in [0.1, 0.15) is 36.0 Å². The number of nitrogens with zero attached hydrogens (tertiary/aromatic N) is 5. The summed E-state index contributed by atoms with van der Waals surface area (Å²) in [5.41, 5.74) is 0.398. The van der Waals surface area contributed by atoms with Gasteiger partial charge in [0.2, 0.25) is 31.9 Å².